The average molecular weight is 779 g/mol. The second-order valence-electron chi connectivity index (χ2n) is 14.7. The first-order chi connectivity index (χ1) is 28.8. The maximum absolute atomic E-state index is 11.9. The molecule has 0 unspecified atom stereocenters. The molecule has 11 nitrogen and oxygen atoms in total. The molecule has 290 valence electrons. The molecule has 59 heavy (non-hydrogen) atoms. The van der Waals surface area contributed by atoms with Gasteiger partial charge in [-0.2, -0.15) is 0 Å². The summed E-state index contributed by atoms with van der Waals surface area (Å²) in [4.78, 5) is 40.0. The molecule has 3 aliphatic heterocycles. The highest BCUT2D eigenvalue weighted by Crippen LogP contribution is 2.49. The second-order valence-corrected chi connectivity index (χ2v) is 14.7. The van der Waals surface area contributed by atoms with E-state index in [9.17, 15) is 20.2 Å². The highest BCUT2D eigenvalue weighted by molar-refractivity contribution is 6.54. The zero-order valence-electron chi connectivity index (χ0n) is 32.2. The standard InChI is InChI=1S/C46H32N6O4.C2H6O/c53-51(54)37-23-19-35(20-24-37)43-44(36-21-25-38(26-22-36)52(55)56)50-45(47-43)39-27-29-11-12-30-14-16-32(18-17-31(39)15-13-29)40(28-30)46(50)48-41(33-7-3-1-4-8-33)42(49-46)34-9-5-2-6-10-34;1-2-3/h1-10,13-16,19-28H,11-12,17-18H2;3H,2H2,1H3. The number of rotatable bonds is 6. The Morgan fingerprint density at radius 2 is 1.10 bits per heavy atom. The van der Waals surface area contributed by atoms with E-state index in [1.54, 1.807) is 31.2 Å². The number of nitrogens with zero attached hydrogens (tertiary/aromatic N) is 6. The molecule has 4 bridgehead atoms. The zero-order chi connectivity index (χ0) is 40.7. The van der Waals surface area contributed by atoms with Gasteiger partial charge in [-0.25, -0.2) is 15.0 Å². The minimum absolute atomic E-state index is 0.0419. The first kappa shape index (κ1) is 37.2. The van der Waals surface area contributed by atoms with E-state index in [0.717, 1.165) is 76.1 Å². The summed E-state index contributed by atoms with van der Waals surface area (Å²) in [7, 11) is 0. The molecule has 0 aliphatic carbocycles. The van der Waals surface area contributed by atoms with Gasteiger partial charge in [0.2, 0.25) is 0 Å². The lowest BCUT2D eigenvalue weighted by Crippen LogP contribution is -2.32. The Labute approximate surface area is 340 Å². The van der Waals surface area contributed by atoms with Gasteiger partial charge in [-0.05, 0) is 91.3 Å². The van der Waals surface area contributed by atoms with Gasteiger partial charge in [0.05, 0.1) is 32.7 Å². The largest absolute Gasteiger partial charge is 0.397 e. The highest BCUT2D eigenvalue weighted by atomic mass is 16.6. The van der Waals surface area contributed by atoms with E-state index in [4.69, 9.17) is 20.1 Å². The van der Waals surface area contributed by atoms with E-state index in [2.05, 4.69) is 41.0 Å². The summed E-state index contributed by atoms with van der Waals surface area (Å²) in [6.45, 7) is 1.93. The second kappa shape index (κ2) is 15.2. The van der Waals surface area contributed by atoms with Crippen LogP contribution < -0.4 is 0 Å². The van der Waals surface area contributed by atoms with E-state index in [1.165, 1.54) is 29.8 Å². The normalized spacial score (nSPS) is 14.3. The molecule has 0 saturated carbocycles. The fourth-order valence-electron chi connectivity index (χ4n) is 8.30. The summed E-state index contributed by atoms with van der Waals surface area (Å²) in [6.07, 6.45) is 3.12. The molecular weight excluding hydrogens is 741 g/mol. The summed E-state index contributed by atoms with van der Waals surface area (Å²) in [5.74, 6) is -0.791. The third kappa shape index (κ3) is 6.61. The van der Waals surface area contributed by atoms with E-state index < -0.39 is 15.6 Å². The summed E-state index contributed by atoms with van der Waals surface area (Å²) in [5, 5.41) is 31.3. The van der Waals surface area contributed by atoms with Crippen molar-refractivity contribution in [1.29, 1.82) is 0 Å². The van der Waals surface area contributed by atoms with Crippen molar-refractivity contribution in [2.75, 3.05) is 6.61 Å². The van der Waals surface area contributed by atoms with Crippen LogP contribution in [0.4, 0.5) is 11.4 Å². The molecule has 11 heteroatoms. The maximum Gasteiger partial charge on any atom is 0.269 e. The van der Waals surface area contributed by atoms with E-state index in [1.807, 2.05) is 60.7 Å². The number of aliphatic hydroxyl groups excluding tert-OH is 1. The fraction of sp³-hybridized carbons (Fsp3) is 0.146. The molecule has 3 aliphatic rings. The molecule has 6 aromatic carbocycles. The third-order valence-corrected chi connectivity index (χ3v) is 11.1. The molecule has 0 amide bonds. The Kier molecular flexibility index (Phi) is 9.58. The van der Waals surface area contributed by atoms with Crippen LogP contribution in [0, 0.1) is 20.2 Å². The maximum atomic E-state index is 11.9. The Morgan fingerprint density at radius 1 is 0.610 bits per heavy atom. The van der Waals surface area contributed by atoms with Crippen molar-refractivity contribution in [3.8, 4) is 33.9 Å². The first-order valence-corrected chi connectivity index (χ1v) is 19.6. The quantitative estimate of drug-likeness (QED) is 0.131. The van der Waals surface area contributed by atoms with Gasteiger partial charge in [0, 0.05) is 64.3 Å². The van der Waals surface area contributed by atoms with E-state index in [0.29, 0.717) is 28.3 Å². The van der Waals surface area contributed by atoms with Crippen LogP contribution in [0.15, 0.2) is 156 Å². The summed E-state index contributed by atoms with van der Waals surface area (Å²) < 4.78 is 2.13. The number of imidazole rings is 1. The smallest absolute Gasteiger partial charge is 0.269 e. The molecule has 0 saturated heterocycles. The number of hydrogen-bond donors (Lipinski definition) is 1. The molecule has 1 N–H and O–H groups in total. The van der Waals surface area contributed by atoms with Crippen LogP contribution >= 0.6 is 0 Å². The van der Waals surface area contributed by atoms with Crippen molar-refractivity contribution in [3.05, 3.63) is 205 Å². The Hall–Kier alpha value is -7.37. The van der Waals surface area contributed by atoms with Crippen LogP contribution in [0.1, 0.15) is 45.9 Å². The Bertz CT molecular complexity index is 2760. The minimum atomic E-state index is -1.43. The van der Waals surface area contributed by atoms with Crippen molar-refractivity contribution in [3.63, 3.8) is 0 Å². The number of nitro benzene ring substituents is 2. The summed E-state index contributed by atoms with van der Waals surface area (Å²) in [5.41, 5.74) is 12.1. The van der Waals surface area contributed by atoms with Crippen LogP contribution in [-0.4, -0.2) is 42.5 Å². The van der Waals surface area contributed by atoms with Gasteiger partial charge in [0.1, 0.15) is 5.82 Å². The number of aryl methyl sites for hydroxylation is 4. The molecule has 1 spiro atoms. The summed E-state index contributed by atoms with van der Waals surface area (Å²) in [6, 6.07) is 46.3. The Balaban J connectivity index is 0.00000145. The van der Waals surface area contributed by atoms with Gasteiger partial charge in [0.15, 0.2) is 0 Å². The van der Waals surface area contributed by atoms with E-state index >= 15 is 0 Å². The fourth-order valence-corrected chi connectivity index (χ4v) is 8.30. The number of non-ortho nitro benzene ring substituents is 2. The van der Waals surface area contributed by atoms with Gasteiger partial charge in [-0.1, -0.05) is 84.9 Å². The van der Waals surface area contributed by atoms with Crippen LogP contribution in [0.5, 0.6) is 0 Å². The molecule has 7 aromatic rings. The average Bonchev–Trinajstić information content (AvgIpc) is 3.87. The van der Waals surface area contributed by atoms with E-state index in [-0.39, 0.29) is 18.0 Å². The highest BCUT2D eigenvalue weighted by Gasteiger charge is 2.47. The van der Waals surface area contributed by atoms with Gasteiger partial charge in [-0.15, -0.1) is 0 Å². The minimum Gasteiger partial charge on any atom is -0.397 e. The van der Waals surface area contributed by atoms with Gasteiger partial charge < -0.3 is 5.11 Å². The van der Waals surface area contributed by atoms with Gasteiger partial charge in [0.25, 0.3) is 17.2 Å². The molecule has 10 rings (SSSR count). The van der Waals surface area contributed by atoms with Crippen molar-refractivity contribution >= 4 is 22.8 Å². The third-order valence-electron chi connectivity index (χ3n) is 11.1. The van der Waals surface area contributed by atoms with Crippen molar-refractivity contribution in [2.24, 2.45) is 9.98 Å². The molecule has 0 radical (unpaired) electrons. The van der Waals surface area contributed by atoms with Crippen LogP contribution in [0.2, 0.25) is 0 Å². The van der Waals surface area contributed by atoms with Crippen molar-refractivity contribution in [1.82, 2.24) is 9.55 Å². The number of aliphatic hydroxyl groups is 1. The van der Waals surface area contributed by atoms with Gasteiger partial charge in [-0.3, -0.25) is 24.8 Å². The lowest BCUT2D eigenvalue weighted by Gasteiger charge is -2.31. The number of fused-ring (bicyclic) bond motifs is 2. The number of aliphatic imine (C=N–C) groups is 2. The Morgan fingerprint density at radius 3 is 1.64 bits per heavy atom. The monoisotopic (exact) mass is 778 g/mol. The van der Waals surface area contributed by atoms with Gasteiger partial charge >= 0.3 is 0 Å². The first-order valence-electron chi connectivity index (χ1n) is 19.6. The van der Waals surface area contributed by atoms with Crippen LogP contribution in [-0.2, 0) is 31.5 Å². The number of benzene rings is 6. The molecule has 1 aromatic heterocycles. The molecule has 4 heterocycles. The van der Waals surface area contributed by atoms with Crippen LogP contribution in [0.3, 0.4) is 0 Å². The molecular formula is C48H38N6O5. The molecule has 0 atom stereocenters. The summed E-state index contributed by atoms with van der Waals surface area (Å²) >= 11 is 0. The molecule has 0 fully saturated rings. The van der Waals surface area contributed by atoms with Crippen molar-refractivity contribution in [2.45, 2.75) is 38.4 Å². The lowest BCUT2D eigenvalue weighted by molar-refractivity contribution is -0.385. The number of nitro groups is 2. The lowest BCUT2D eigenvalue weighted by atomic mass is 9.90. The predicted octanol–water partition coefficient (Wildman–Crippen LogP) is 9.55. The van der Waals surface area contributed by atoms with Crippen molar-refractivity contribution < 1.29 is 15.0 Å². The SMILES string of the molecule is CCO.O=[N+]([O-])c1ccc(-c2nc3n(c2-c2ccc([N+](=O)[O-])cc2)C2(N=C(c4ccccc4)C(c4ccccc4)=N2)c2cc4ccc2CCc2ccc(cc2-3)CC4)cc1. The number of aromatic nitrogens is 2. The zero-order valence-corrected chi connectivity index (χ0v) is 32.2. The number of hydrogen-bond acceptors (Lipinski definition) is 8. The van der Waals surface area contributed by atoms with Crippen LogP contribution in [0.25, 0.3) is 33.9 Å². The topological polar surface area (TPSA) is 149 Å². The predicted molar refractivity (Wildman–Crippen MR) is 229 cm³/mol.